The minimum Gasteiger partial charge on any atom is -0.356 e. The largest absolute Gasteiger partial charge is 0.356 e. The molecule has 1 heterocycles. The van der Waals surface area contributed by atoms with Crippen LogP contribution in [0, 0.1) is 0 Å². The van der Waals surface area contributed by atoms with Crippen molar-refractivity contribution in [1.29, 1.82) is 0 Å². The first-order chi connectivity index (χ1) is 13.9. The number of aromatic nitrogens is 3. The summed E-state index contributed by atoms with van der Waals surface area (Å²) in [7, 11) is -0.564. The molecule has 0 aliphatic rings. The number of hydrogen-bond acceptors (Lipinski definition) is 5. The Balaban J connectivity index is 1.52. The summed E-state index contributed by atoms with van der Waals surface area (Å²) in [5.74, 6) is -0.0477. The van der Waals surface area contributed by atoms with Gasteiger partial charge in [0.1, 0.15) is 5.52 Å². The summed E-state index contributed by atoms with van der Waals surface area (Å²) in [4.78, 5) is 12.3. The molecule has 1 N–H and O–H groups in total. The molecule has 0 aliphatic heterocycles. The normalized spacial score (nSPS) is 11.8. The van der Waals surface area contributed by atoms with Crippen molar-refractivity contribution in [3.8, 4) is 0 Å². The van der Waals surface area contributed by atoms with Crippen LogP contribution in [0.1, 0.15) is 18.4 Å². The molecule has 0 atom stereocenters. The third kappa shape index (κ3) is 5.18. The van der Waals surface area contributed by atoms with Crippen LogP contribution >= 0.6 is 0 Å². The molecule has 154 valence electrons. The number of sulfonamides is 1. The fraction of sp³-hybridized carbons (Fsp3) is 0.350. The Kier molecular flexibility index (Phi) is 6.60. The molecule has 29 heavy (non-hydrogen) atoms. The van der Waals surface area contributed by atoms with Crippen molar-refractivity contribution in [1.82, 2.24) is 24.6 Å². The molecule has 1 aromatic heterocycles. The molecule has 0 bridgehead atoms. The maximum absolute atomic E-state index is 12.2. The maximum Gasteiger partial charge on any atom is 0.242 e. The van der Waals surface area contributed by atoms with Crippen molar-refractivity contribution in [2.24, 2.45) is 0 Å². The minimum atomic E-state index is -3.53. The number of carbonyl (C=O) groups excluding carboxylic acids is 1. The Morgan fingerprint density at radius 2 is 1.90 bits per heavy atom. The highest BCUT2D eigenvalue weighted by atomic mass is 32.2. The van der Waals surface area contributed by atoms with E-state index in [4.69, 9.17) is 0 Å². The average molecular weight is 416 g/mol. The van der Waals surface area contributed by atoms with E-state index in [0.717, 1.165) is 17.1 Å². The van der Waals surface area contributed by atoms with Crippen LogP contribution in [0.25, 0.3) is 11.0 Å². The molecule has 0 saturated heterocycles. The molecule has 0 spiro atoms. The zero-order valence-electron chi connectivity index (χ0n) is 16.6. The van der Waals surface area contributed by atoms with Gasteiger partial charge in [0.15, 0.2) is 0 Å². The summed E-state index contributed by atoms with van der Waals surface area (Å²) >= 11 is 0. The van der Waals surface area contributed by atoms with Gasteiger partial charge in [-0.1, -0.05) is 35.5 Å². The van der Waals surface area contributed by atoms with Gasteiger partial charge in [-0.05, 0) is 36.6 Å². The lowest BCUT2D eigenvalue weighted by Crippen LogP contribution is -2.26. The van der Waals surface area contributed by atoms with Gasteiger partial charge < -0.3 is 5.32 Å². The lowest BCUT2D eigenvalue weighted by atomic mass is 10.1. The number of carbonyl (C=O) groups is 1. The van der Waals surface area contributed by atoms with Gasteiger partial charge in [0, 0.05) is 27.1 Å². The SMILES string of the molecule is CN(C)S(=O)(=O)c1ccc2c(c1)nnn2CCC(=O)NCCCc1ccccc1. The zero-order chi connectivity index (χ0) is 20.9. The highest BCUT2D eigenvalue weighted by Gasteiger charge is 2.18. The van der Waals surface area contributed by atoms with Crippen LogP contribution in [-0.4, -0.2) is 54.3 Å². The quantitative estimate of drug-likeness (QED) is 0.538. The Morgan fingerprint density at radius 1 is 1.14 bits per heavy atom. The first-order valence-corrected chi connectivity index (χ1v) is 10.9. The Bertz CT molecular complexity index is 1080. The lowest BCUT2D eigenvalue weighted by Gasteiger charge is -2.11. The second kappa shape index (κ2) is 9.15. The summed E-state index contributed by atoms with van der Waals surface area (Å²) in [6.45, 7) is 0.998. The van der Waals surface area contributed by atoms with Crippen LogP contribution in [0.5, 0.6) is 0 Å². The van der Waals surface area contributed by atoms with E-state index in [1.54, 1.807) is 10.7 Å². The topological polar surface area (TPSA) is 97.2 Å². The van der Waals surface area contributed by atoms with Crippen LogP contribution in [0.4, 0.5) is 0 Å². The number of fused-ring (bicyclic) bond motifs is 1. The maximum atomic E-state index is 12.2. The fourth-order valence-corrected chi connectivity index (χ4v) is 3.87. The molecule has 0 saturated carbocycles. The molecule has 3 aromatic rings. The van der Waals surface area contributed by atoms with E-state index in [1.165, 1.54) is 31.8 Å². The van der Waals surface area contributed by atoms with Crippen LogP contribution in [0.2, 0.25) is 0 Å². The summed E-state index contributed by atoms with van der Waals surface area (Å²) in [5.41, 5.74) is 2.43. The Labute approximate surface area is 170 Å². The van der Waals surface area contributed by atoms with Gasteiger partial charge in [-0.25, -0.2) is 17.4 Å². The van der Waals surface area contributed by atoms with Crippen molar-refractivity contribution in [3.63, 3.8) is 0 Å². The number of nitrogens with one attached hydrogen (secondary N) is 1. The van der Waals surface area contributed by atoms with E-state index in [9.17, 15) is 13.2 Å². The number of nitrogens with zero attached hydrogens (tertiary/aromatic N) is 4. The van der Waals surface area contributed by atoms with Gasteiger partial charge in [-0.2, -0.15) is 0 Å². The van der Waals surface area contributed by atoms with E-state index in [-0.39, 0.29) is 17.2 Å². The fourth-order valence-electron chi connectivity index (χ4n) is 2.95. The molecule has 1 amide bonds. The monoisotopic (exact) mass is 415 g/mol. The second-order valence-electron chi connectivity index (χ2n) is 6.94. The summed E-state index contributed by atoms with van der Waals surface area (Å²) in [6.07, 6.45) is 2.08. The molecule has 9 heteroatoms. The average Bonchev–Trinajstić information content (AvgIpc) is 3.12. The highest BCUT2D eigenvalue weighted by molar-refractivity contribution is 7.89. The van der Waals surface area contributed by atoms with Gasteiger partial charge >= 0.3 is 0 Å². The van der Waals surface area contributed by atoms with E-state index in [0.29, 0.717) is 24.1 Å². The zero-order valence-corrected chi connectivity index (χ0v) is 17.4. The summed E-state index contributed by atoms with van der Waals surface area (Å²) in [5, 5.41) is 11.0. The molecule has 8 nitrogen and oxygen atoms in total. The van der Waals surface area contributed by atoms with Gasteiger partial charge in [0.05, 0.1) is 17.0 Å². The predicted octanol–water partition coefficient (Wildman–Crippen LogP) is 1.82. The van der Waals surface area contributed by atoms with E-state index in [2.05, 4.69) is 27.8 Å². The minimum absolute atomic E-state index is 0.0477. The van der Waals surface area contributed by atoms with Crippen LogP contribution in [-0.2, 0) is 27.8 Å². The molecular weight excluding hydrogens is 390 g/mol. The molecule has 2 aromatic carbocycles. The first kappa shape index (κ1) is 20.9. The smallest absolute Gasteiger partial charge is 0.242 e. The second-order valence-corrected chi connectivity index (χ2v) is 9.09. The van der Waals surface area contributed by atoms with Crippen molar-refractivity contribution in [2.45, 2.75) is 30.7 Å². The molecule has 3 rings (SSSR count). The Morgan fingerprint density at radius 3 is 2.62 bits per heavy atom. The van der Waals surface area contributed by atoms with Crippen LogP contribution in [0.15, 0.2) is 53.4 Å². The van der Waals surface area contributed by atoms with E-state index < -0.39 is 10.0 Å². The van der Waals surface area contributed by atoms with E-state index in [1.807, 2.05) is 18.2 Å². The van der Waals surface area contributed by atoms with Gasteiger partial charge in [-0.3, -0.25) is 4.79 Å². The summed E-state index contributed by atoms with van der Waals surface area (Å²) < 4.78 is 27.2. The molecule has 0 unspecified atom stereocenters. The number of hydrogen-bond donors (Lipinski definition) is 1. The van der Waals surface area contributed by atoms with Crippen molar-refractivity contribution in [2.75, 3.05) is 20.6 Å². The predicted molar refractivity (Wildman–Crippen MR) is 111 cm³/mol. The van der Waals surface area contributed by atoms with Crippen LogP contribution in [0.3, 0.4) is 0 Å². The Hall–Kier alpha value is -2.78. The van der Waals surface area contributed by atoms with Crippen LogP contribution < -0.4 is 5.32 Å². The third-order valence-electron chi connectivity index (χ3n) is 4.62. The molecular formula is C20H25N5O3S. The van der Waals surface area contributed by atoms with Crippen molar-refractivity contribution in [3.05, 3.63) is 54.1 Å². The third-order valence-corrected chi connectivity index (χ3v) is 6.43. The van der Waals surface area contributed by atoms with Gasteiger partial charge in [-0.15, -0.1) is 5.10 Å². The van der Waals surface area contributed by atoms with Gasteiger partial charge in [0.2, 0.25) is 15.9 Å². The number of rotatable bonds is 9. The lowest BCUT2D eigenvalue weighted by molar-refractivity contribution is -0.121. The van der Waals surface area contributed by atoms with Gasteiger partial charge in [0.25, 0.3) is 0 Å². The first-order valence-electron chi connectivity index (χ1n) is 9.44. The van der Waals surface area contributed by atoms with Crippen molar-refractivity contribution >= 4 is 27.0 Å². The molecule has 0 aliphatic carbocycles. The number of aryl methyl sites for hydroxylation is 2. The number of benzene rings is 2. The molecule has 0 fully saturated rings. The molecule has 0 radical (unpaired) electrons. The number of amides is 1. The standard InChI is InChI=1S/C20H25N5O3S/c1-24(2)29(27,28)17-10-11-19-18(15-17)22-23-25(19)14-12-20(26)21-13-6-9-16-7-4-3-5-8-16/h3-5,7-8,10-11,15H,6,9,12-14H2,1-2H3,(H,21,26). The van der Waals surface area contributed by atoms with E-state index >= 15 is 0 Å². The summed E-state index contributed by atoms with van der Waals surface area (Å²) in [6, 6.07) is 14.9. The van der Waals surface area contributed by atoms with Crippen molar-refractivity contribution < 1.29 is 13.2 Å². The highest BCUT2D eigenvalue weighted by Crippen LogP contribution is 2.19.